The van der Waals surface area contributed by atoms with Gasteiger partial charge in [0.25, 0.3) is 0 Å². The van der Waals surface area contributed by atoms with Crippen LogP contribution in [0.3, 0.4) is 0 Å². The number of piperazine rings is 1. The van der Waals surface area contributed by atoms with E-state index >= 15 is 0 Å². The van der Waals surface area contributed by atoms with Crippen molar-refractivity contribution in [1.82, 2.24) is 30.0 Å². The van der Waals surface area contributed by atoms with Gasteiger partial charge < -0.3 is 9.64 Å². The molecule has 0 atom stereocenters. The third-order valence-electron chi connectivity index (χ3n) is 4.12. The molecule has 0 bridgehead atoms. The largest absolute Gasteiger partial charge is 0.492 e. The van der Waals surface area contributed by atoms with E-state index < -0.39 is 0 Å². The molecule has 1 aromatic heterocycles. The summed E-state index contributed by atoms with van der Waals surface area (Å²) in [4.78, 5) is 16.5. The summed E-state index contributed by atoms with van der Waals surface area (Å²) in [5.74, 6) is 1.29. The van der Waals surface area contributed by atoms with Crippen LogP contribution in [0.4, 0.5) is 0 Å². The average molecular weight is 397 g/mol. The Hall–Kier alpha value is -1.84. The molecule has 1 aliphatic heterocycles. The van der Waals surface area contributed by atoms with Crippen molar-refractivity contribution in [3.63, 3.8) is 0 Å². The van der Waals surface area contributed by atoms with Crippen molar-refractivity contribution in [3.05, 3.63) is 29.3 Å². The first kappa shape index (κ1) is 18.9. The standard InChI is InChI=1S/C16H21ClN6O2S/c1-21-16(18-19-20-21)26-12-15(24)23-8-6-22(7-9-23)10-11-25-14-4-2-13(17)3-5-14/h2-5H,6-12H2,1H3. The molecule has 0 radical (unpaired) electrons. The molecular weight excluding hydrogens is 376 g/mol. The molecule has 1 saturated heterocycles. The van der Waals surface area contributed by atoms with Gasteiger partial charge in [0, 0.05) is 44.8 Å². The van der Waals surface area contributed by atoms with Crippen molar-refractivity contribution in [3.8, 4) is 5.75 Å². The molecule has 0 saturated carbocycles. The predicted molar refractivity (Wildman–Crippen MR) is 99.5 cm³/mol. The molecule has 26 heavy (non-hydrogen) atoms. The number of ether oxygens (including phenoxy) is 1. The highest BCUT2D eigenvalue weighted by molar-refractivity contribution is 7.99. The number of rotatable bonds is 7. The lowest BCUT2D eigenvalue weighted by atomic mass is 10.3. The van der Waals surface area contributed by atoms with E-state index in [2.05, 4.69) is 20.4 Å². The first-order valence-electron chi connectivity index (χ1n) is 8.35. The van der Waals surface area contributed by atoms with Gasteiger partial charge in [-0.15, -0.1) is 5.10 Å². The molecule has 0 spiro atoms. The third kappa shape index (κ3) is 5.33. The summed E-state index contributed by atoms with van der Waals surface area (Å²) < 4.78 is 7.29. The van der Waals surface area contributed by atoms with Gasteiger partial charge in [-0.1, -0.05) is 23.4 Å². The number of thioether (sulfide) groups is 1. The summed E-state index contributed by atoms with van der Waals surface area (Å²) in [5, 5.41) is 12.5. The van der Waals surface area contributed by atoms with Crippen LogP contribution in [0, 0.1) is 0 Å². The molecule has 2 aromatic rings. The molecule has 10 heteroatoms. The number of hydrogen-bond acceptors (Lipinski definition) is 7. The molecule has 2 heterocycles. The van der Waals surface area contributed by atoms with Gasteiger partial charge in [-0.25, -0.2) is 4.68 Å². The van der Waals surface area contributed by atoms with Crippen LogP contribution >= 0.6 is 23.4 Å². The van der Waals surface area contributed by atoms with Gasteiger partial charge in [-0.3, -0.25) is 9.69 Å². The van der Waals surface area contributed by atoms with Crippen LogP contribution in [0.1, 0.15) is 0 Å². The Morgan fingerprint density at radius 2 is 1.96 bits per heavy atom. The maximum absolute atomic E-state index is 12.3. The predicted octanol–water partition coefficient (Wildman–Crippen LogP) is 1.18. The number of aryl methyl sites for hydroxylation is 1. The number of halogens is 1. The van der Waals surface area contributed by atoms with Gasteiger partial charge in [-0.2, -0.15) is 0 Å². The topological polar surface area (TPSA) is 76.4 Å². The Labute approximate surface area is 161 Å². The molecule has 1 fully saturated rings. The van der Waals surface area contributed by atoms with Gasteiger partial charge in [0.1, 0.15) is 12.4 Å². The van der Waals surface area contributed by atoms with Crippen molar-refractivity contribution in [2.45, 2.75) is 5.16 Å². The number of carbonyl (C=O) groups excluding carboxylic acids is 1. The first-order valence-corrected chi connectivity index (χ1v) is 9.72. The van der Waals surface area contributed by atoms with Gasteiger partial charge >= 0.3 is 0 Å². The van der Waals surface area contributed by atoms with Crippen LogP contribution < -0.4 is 4.74 Å². The first-order chi connectivity index (χ1) is 12.6. The molecule has 0 aliphatic carbocycles. The second kappa shape index (κ2) is 9.20. The zero-order chi connectivity index (χ0) is 18.4. The summed E-state index contributed by atoms with van der Waals surface area (Å²) >= 11 is 7.22. The normalized spacial score (nSPS) is 15.2. The Morgan fingerprint density at radius 1 is 1.23 bits per heavy atom. The second-order valence-corrected chi connectivity index (χ2v) is 7.28. The highest BCUT2D eigenvalue weighted by Crippen LogP contribution is 2.16. The monoisotopic (exact) mass is 396 g/mol. The van der Waals surface area contributed by atoms with Gasteiger partial charge in [0.15, 0.2) is 0 Å². The molecule has 0 N–H and O–H groups in total. The quantitative estimate of drug-likeness (QED) is 0.650. The molecule has 3 rings (SSSR count). The zero-order valence-electron chi connectivity index (χ0n) is 14.5. The van der Waals surface area contributed by atoms with E-state index in [1.165, 1.54) is 11.8 Å². The van der Waals surface area contributed by atoms with Crippen molar-refractivity contribution in [2.75, 3.05) is 45.1 Å². The number of aromatic nitrogens is 4. The summed E-state index contributed by atoms with van der Waals surface area (Å²) in [6.45, 7) is 4.63. The van der Waals surface area contributed by atoms with Crippen LogP contribution in [0.15, 0.2) is 29.4 Å². The number of hydrogen-bond donors (Lipinski definition) is 0. The summed E-state index contributed by atoms with van der Waals surface area (Å²) in [6, 6.07) is 7.36. The van der Waals surface area contributed by atoms with Crippen molar-refractivity contribution in [2.24, 2.45) is 7.05 Å². The molecule has 1 amide bonds. The maximum Gasteiger partial charge on any atom is 0.233 e. The third-order valence-corrected chi connectivity index (χ3v) is 5.37. The Morgan fingerprint density at radius 3 is 2.62 bits per heavy atom. The van der Waals surface area contributed by atoms with E-state index in [-0.39, 0.29) is 5.91 Å². The van der Waals surface area contributed by atoms with E-state index in [0.29, 0.717) is 22.5 Å². The Kier molecular flexibility index (Phi) is 6.70. The van der Waals surface area contributed by atoms with Crippen LogP contribution in [-0.4, -0.2) is 81.0 Å². The fraction of sp³-hybridized carbons (Fsp3) is 0.500. The molecule has 1 aromatic carbocycles. The van der Waals surface area contributed by atoms with E-state index in [1.807, 2.05) is 29.2 Å². The fourth-order valence-electron chi connectivity index (χ4n) is 2.61. The number of carbonyl (C=O) groups is 1. The lowest BCUT2D eigenvalue weighted by molar-refractivity contribution is -0.130. The van der Waals surface area contributed by atoms with Crippen LogP contribution in [-0.2, 0) is 11.8 Å². The maximum atomic E-state index is 12.3. The summed E-state index contributed by atoms with van der Waals surface area (Å²) in [6.07, 6.45) is 0. The zero-order valence-corrected chi connectivity index (χ0v) is 16.1. The van der Waals surface area contributed by atoms with Gasteiger partial charge in [0.05, 0.1) is 5.75 Å². The van der Waals surface area contributed by atoms with Crippen LogP contribution in [0.25, 0.3) is 0 Å². The van der Waals surface area contributed by atoms with E-state index in [4.69, 9.17) is 16.3 Å². The number of nitrogens with zero attached hydrogens (tertiary/aromatic N) is 6. The summed E-state index contributed by atoms with van der Waals surface area (Å²) in [7, 11) is 1.76. The fourth-order valence-corrected chi connectivity index (χ4v) is 3.48. The Balaban J connectivity index is 1.33. The van der Waals surface area contributed by atoms with Gasteiger partial charge in [-0.05, 0) is 34.7 Å². The minimum atomic E-state index is 0.120. The van der Waals surface area contributed by atoms with E-state index in [0.717, 1.165) is 38.5 Å². The van der Waals surface area contributed by atoms with Crippen LogP contribution in [0.2, 0.25) is 5.02 Å². The lowest BCUT2D eigenvalue weighted by Crippen LogP contribution is -2.50. The molecular formula is C16H21ClN6O2S. The molecule has 8 nitrogen and oxygen atoms in total. The second-order valence-electron chi connectivity index (χ2n) is 5.90. The lowest BCUT2D eigenvalue weighted by Gasteiger charge is -2.34. The van der Waals surface area contributed by atoms with Gasteiger partial charge in [0.2, 0.25) is 11.1 Å². The average Bonchev–Trinajstić information content (AvgIpc) is 3.07. The SMILES string of the molecule is Cn1nnnc1SCC(=O)N1CCN(CCOc2ccc(Cl)cc2)CC1. The number of amides is 1. The molecule has 0 unspecified atom stereocenters. The molecule has 140 valence electrons. The van der Waals surface area contributed by atoms with Crippen molar-refractivity contribution < 1.29 is 9.53 Å². The van der Waals surface area contributed by atoms with E-state index in [1.54, 1.807) is 11.7 Å². The minimum Gasteiger partial charge on any atom is -0.492 e. The highest BCUT2D eigenvalue weighted by atomic mass is 35.5. The highest BCUT2D eigenvalue weighted by Gasteiger charge is 2.21. The Bertz CT molecular complexity index is 718. The van der Waals surface area contributed by atoms with Crippen LogP contribution in [0.5, 0.6) is 5.75 Å². The number of benzene rings is 1. The summed E-state index contributed by atoms with van der Waals surface area (Å²) in [5.41, 5.74) is 0. The molecule has 1 aliphatic rings. The number of tetrazole rings is 1. The smallest absolute Gasteiger partial charge is 0.233 e. The van der Waals surface area contributed by atoms with Crippen molar-refractivity contribution in [1.29, 1.82) is 0 Å². The minimum absolute atomic E-state index is 0.120. The van der Waals surface area contributed by atoms with E-state index in [9.17, 15) is 4.79 Å². The van der Waals surface area contributed by atoms with Crippen molar-refractivity contribution >= 4 is 29.3 Å².